The summed E-state index contributed by atoms with van der Waals surface area (Å²) in [6, 6.07) is 0. The number of nitrogens with zero attached hydrogens (tertiary/aromatic N) is 2. The SMILES string of the molecule is CCn1ncc(Br)c1C1CCSCC1. The minimum absolute atomic E-state index is 0.716. The summed E-state index contributed by atoms with van der Waals surface area (Å²) in [6.45, 7) is 3.13. The third kappa shape index (κ3) is 2.01. The van der Waals surface area contributed by atoms with Crippen LogP contribution >= 0.6 is 27.7 Å². The first-order valence-corrected chi connectivity index (χ1v) is 7.06. The van der Waals surface area contributed by atoms with Crippen molar-refractivity contribution in [3.8, 4) is 0 Å². The highest BCUT2D eigenvalue weighted by atomic mass is 79.9. The predicted octanol–water partition coefficient (Wildman–Crippen LogP) is 3.28. The highest BCUT2D eigenvalue weighted by molar-refractivity contribution is 9.10. The second-order valence-corrected chi connectivity index (χ2v) is 5.66. The van der Waals surface area contributed by atoms with Crippen LogP contribution < -0.4 is 0 Å². The van der Waals surface area contributed by atoms with E-state index in [1.807, 2.05) is 6.20 Å². The molecule has 0 spiro atoms. The summed E-state index contributed by atoms with van der Waals surface area (Å²) < 4.78 is 3.32. The Balaban J connectivity index is 2.23. The van der Waals surface area contributed by atoms with Crippen LogP contribution in [0, 0.1) is 0 Å². The first-order valence-electron chi connectivity index (χ1n) is 5.12. The number of halogens is 1. The zero-order valence-electron chi connectivity index (χ0n) is 8.37. The van der Waals surface area contributed by atoms with E-state index >= 15 is 0 Å². The van der Waals surface area contributed by atoms with Crippen LogP contribution in [0.15, 0.2) is 10.7 Å². The van der Waals surface area contributed by atoms with Gasteiger partial charge in [0.15, 0.2) is 0 Å². The standard InChI is InChI=1S/C10H15BrN2S/c1-2-13-10(9(11)7-12-13)8-3-5-14-6-4-8/h7-8H,2-6H2,1H3. The summed E-state index contributed by atoms with van der Waals surface area (Å²) in [6.07, 6.45) is 4.53. The Bertz CT molecular complexity index is 305. The Morgan fingerprint density at radius 2 is 2.29 bits per heavy atom. The van der Waals surface area contributed by atoms with Gasteiger partial charge in [-0.3, -0.25) is 4.68 Å². The molecule has 0 unspecified atom stereocenters. The number of thioether (sulfide) groups is 1. The lowest BCUT2D eigenvalue weighted by Gasteiger charge is -2.22. The summed E-state index contributed by atoms with van der Waals surface area (Å²) in [5.41, 5.74) is 1.41. The van der Waals surface area contributed by atoms with E-state index in [0.29, 0.717) is 5.92 Å². The van der Waals surface area contributed by atoms with Crippen molar-refractivity contribution < 1.29 is 0 Å². The lowest BCUT2D eigenvalue weighted by molar-refractivity contribution is 0.537. The van der Waals surface area contributed by atoms with Crippen LogP contribution in [0.5, 0.6) is 0 Å². The van der Waals surface area contributed by atoms with Crippen LogP contribution in [-0.4, -0.2) is 21.3 Å². The van der Waals surface area contributed by atoms with Crippen molar-refractivity contribution in [1.29, 1.82) is 0 Å². The molecule has 78 valence electrons. The Labute approximate surface area is 97.6 Å². The van der Waals surface area contributed by atoms with Gasteiger partial charge in [0.25, 0.3) is 0 Å². The van der Waals surface area contributed by atoms with E-state index in [2.05, 4.69) is 44.4 Å². The highest BCUT2D eigenvalue weighted by Crippen LogP contribution is 2.35. The van der Waals surface area contributed by atoms with Crippen LogP contribution in [0.3, 0.4) is 0 Å². The van der Waals surface area contributed by atoms with Gasteiger partial charge in [0.1, 0.15) is 0 Å². The number of aryl methyl sites for hydroxylation is 1. The van der Waals surface area contributed by atoms with Gasteiger partial charge in [-0.15, -0.1) is 0 Å². The fraction of sp³-hybridized carbons (Fsp3) is 0.700. The average Bonchev–Trinajstić information content (AvgIpc) is 2.61. The molecule has 0 radical (unpaired) electrons. The average molecular weight is 275 g/mol. The molecule has 0 atom stereocenters. The maximum absolute atomic E-state index is 4.37. The number of rotatable bonds is 2. The molecular formula is C10H15BrN2S. The molecule has 2 heterocycles. The highest BCUT2D eigenvalue weighted by Gasteiger charge is 2.21. The Hall–Kier alpha value is 0.0400. The van der Waals surface area contributed by atoms with Gasteiger partial charge in [-0.2, -0.15) is 16.9 Å². The van der Waals surface area contributed by atoms with E-state index in [-0.39, 0.29) is 0 Å². The summed E-state index contributed by atoms with van der Waals surface area (Å²) in [7, 11) is 0. The fourth-order valence-corrected chi connectivity index (χ4v) is 3.73. The molecule has 0 N–H and O–H groups in total. The number of hydrogen-bond donors (Lipinski definition) is 0. The number of aromatic nitrogens is 2. The van der Waals surface area contributed by atoms with E-state index in [0.717, 1.165) is 6.54 Å². The molecule has 1 aliphatic heterocycles. The largest absolute Gasteiger partial charge is 0.268 e. The molecule has 1 aromatic heterocycles. The second-order valence-electron chi connectivity index (χ2n) is 3.58. The van der Waals surface area contributed by atoms with E-state index in [1.165, 1.54) is 34.5 Å². The van der Waals surface area contributed by atoms with Crippen molar-refractivity contribution in [2.75, 3.05) is 11.5 Å². The monoisotopic (exact) mass is 274 g/mol. The lowest BCUT2D eigenvalue weighted by Crippen LogP contribution is -2.13. The van der Waals surface area contributed by atoms with E-state index < -0.39 is 0 Å². The Morgan fingerprint density at radius 3 is 2.93 bits per heavy atom. The first kappa shape index (κ1) is 10.6. The van der Waals surface area contributed by atoms with E-state index in [1.54, 1.807) is 0 Å². The van der Waals surface area contributed by atoms with Crippen LogP contribution in [0.1, 0.15) is 31.4 Å². The molecular weight excluding hydrogens is 260 g/mol. The molecule has 1 fully saturated rings. The van der Waals surface area contributed by atoms with Crippen LogP contribution in [0.4, 0.5) is 0 Å². The van der Waals surface area contributed by atoms with Crippen molar-refractivity contribution in [3.63, 3.8) is 0 Å². The molecule has 2 nitrogen and oxygen atoms in total. The van der Waals surface area contributed by atoms with Gasteiger partial charge in [-0.05, 0) is 47.2 Å². The van der Waals surface area contributed by atoms with E-state index in [4.69, 9.17) is 0 Å². The molecule has 2 rings (SSSR count). The molecule has 0 aliphatic carbocycles. The molecule has 0 saturated carbocycles. The molecule has 14 heavy (non-hydrogen) atoms. The Kier molecular flexibility index (Phi) is 3.55. The topological polar surface area (TPSA) is 17.8 Å². The van der Waals surface area contributed by atoms with Gasteiger partial charge in [-0.1, -0.05) is 0 Å². The van der Waals surface area contributed by atoms with Crippen LogP contribution in [-0.2, 0) is 6.54 Å². The zero-order valence-corrected chi connectivity index (χ0v) is 10.8. The van der Waals surface area contributed by atoms with Gasteiger partial charge in [0.2, 0.25) is 0 Å². The Morgan fingerprint density at radius 1 is 1.57 bits per heavy atom. The zero-order chi connectivity index (χ0) is 9.97. The van der Waals surface area contributed by atoms with Crippen LogP contribution in [0.25, 0.3) is 0 Å². The minimum Gasteiger partial charge on any atom is -0.268 e. The van der Waals surface area contributed by atoms with Crippen molar-refractivity contribution in [2.24, 2.45) is 0 Å². The van der Waals surface area contributed by atoms with E-state index in [9.17, 15) is 0 Å². The lowest BCUT2D eigenvalue weighted by atomic mass is 9.99. The molecule has 1 aliphatic rings. The van der Waals surface area contributed by atoms with Gasteiger partial charge < -0.3 is 0 Å². The van der Waals surface area contributed by atoms with Gasteiger partial charge in [0.05, 0.1) is 16.4 Å². The molecule has 4 heteroatoms. The molecule has 1 saturated heterocycles. The maximum Gasteiger partial charge on any atom is 0.0635 e. The van der Waals surface area contributed by atoms with Crippen molar-refractivity contribution in [1.82, 2.24) is 9.78 Å². The molecule has 1 aromatic rings. The first-order chi connectivity index (χ1) is 6.83. The normalized spacial score (nSPS) is 18.7. The quantitative estimate of drug-likeness (QED) is 0.824. The van der Waals surface area contributed by atoms with Crippen molar-refractivity contribution in [2.45, 2.75) is 32.2 Å². The van der Waals surface area contributed by atoms with Gasteiger partial charge >= 0.3 is 0 Å². The smallest absolute Gasteiger partial charge is 0.0635 e. The van der Waals surface area contributed by atoms with Crippen LogP contribution in [0.2, 0.25) is 0 Å². The van der Waals surface area contributed by atoms with Crippen molar-refractivity contribution in [3.05, 3.63) is 16.4 Å². The molecule has 0 amide bonds. The maximum atomic E-state index is 4.37. The van der Waals surface area contributed by atoms with Crippen molar-refractivity contribution >= 4 is 27.7 Å². The number of hydrogen-bond acceptors (Lipinski definition) is 2. The summed E-state index contributed by atoms with van der Waals surface area (Å²) in [4.78, 5) is 0. The minimum atomic E-state index is 0.716. The third-order valence-electron chi connectivity index (χ3n) is 2.74. The second kappa shape index (κ2) is 4.71. The summed E-state index contributed by atoms with van der Waals surface area (Å²) in [5, 5.41) is 4.37. The fourth-order valence-electron chi connectivity index (χ4n) is 2.00. The molecule has 0 aromatic carbocycles. The van der Waals surface area contributed by atoms with Gasteiger partial charge in [0, 0.05) is 12.5 Å². The summed E-state index contributed by atoms with van der Waals surface area (Å²) >= 11 is 5.67. The predicted molar refractivity (Wildman–Crippen MR) is 64.9 cm³/mol. The third-order valence-corrected chi connectivity index (χ3v) is 4.40. The summed E-state index contributed by atoms with van der Waals surface area (Å²) in [5.74, 6) is 3.31. The molecule has 0 bridgehead atoms. The van der Waals surface area contributed by atoms with Gasteiger partial charge in [-0.25, -0.2) is 0 Å².